The zero-order chi connectivity index (χ0) is 14.3. The first-order valence-corrected chi connectivity index (χ1v) is 6.83. The molecule has 20 heavy (non-hydrogen) atoms. The highest BCUT2D eigenvalue weighted by atomic mass is 15.2. The second kappa shape index (κ2) is 4.51. The molecule has 0 unspecified atom stereocenters. The molecule has 0 fully saturated rings. The molecule has 3 rings (SSSR count). The fraction of sp³-hybridized carbons (Fsp3) is 0.467. The first-order chi connectivity index (χ1) is 9.43. The topological polar surface area (TPSA) is 54.8 Å². The number of aryl methyl sites for hydroxylation is 1. The third kappa shape index (κ3) is 2.35. The molecule has 0 N–H and O–H groups in total. The zero-order valence-electron chi connectivity index (χ0n) is 12.4. The van der Waals surface area contributed by atoms with Crippen molar-refractivity contribution in [2.24, 2.45) is 0 Å². The normalized spacial score (nSPS) is 14.5. The van der Waals surface area contributed by atoms with Crippen LogP contribution in [0.1, 0.15) is 43.7 Å². The van der Waals surface area contributed by atoms with E-state index in [1.54, 1.807) is 6.20 Å². The van der Waals surface area contributed by atoms with Crippen LogP contribution in [0.2, 0.25) is 0 Å². The van der Waals surface area contributed by atoms with E-state index in [0.29, 0.717) is 0 Å². The Bertz CT molecular complexity index is 645. The minimum Gasteiger partial charge on any atom is -0.346 e. The van der Waals surface area contributed by atoms with Gasteiger partial charge in [0.25, 0.3) is 0 Å². The lowest BCUT2D eigenvalue weighted by molar-refractivity contribution is 0.541. The van der Waals surface area contributed by atoms with Gasteiger partial charge in [0.05, 0.1) is 12.2 Å². The summed E-state index contributed by atoms with van der Waals surface area (Å²) in [5.74, 6) is 2.64. The van der Waals surface area contributed by atoms with E-state index in [9.17, 15) is 0 Å². The molecule has 0 aliphatic carbocycles. The smallest absolute Gasteiger partial charge is 0.133 e. The summed E-state index contributed by atoms with van der Waals surface area (Å²) in [6, 6.07) is 1.94. The molecule has 0 amide bonds. The number of anilines is 1. The Kier molecular flexibility index (Phi) is 2.92. The Morgan fingerprint density at radius 1 is 1.10 bits per heavy atom. The fourth-order valence-corrected chi connectivity index (χ4v) is 2.30. The van der Waals surface area contributed by atoms with Crippen LogP contribution >= 0.6 is 0 Å². The minimum absolute atomic E-state index is 0.0199. The lowest BCUT2D eigenvalue weighted by Gasteiger charge is -2.17. The van der Waals surface area contributed by atoms with Crippen LogP contribution in [0.3, 0.4) is 0 Å². The largest absolute Gasteiger partial charge is 0.346 e. The van der Waals surface area contributed by atoms with E-state index in [1.165, 1.54) is 5.56 Å². The van der Waals surface area contributed by atoms with Crippen molar-refractivity contribution in [3.63, 3.8) is 0 Å². The van der Waals surface area contributed by atoms with Gasteiger partial charge in [-0.2, -0.15) is 0 Å². The van der Waals surface area contributed by atoms with Gasteiger partial charge < -0.3 is 4.90 Å². The average Bonchev–Trinajstić information content (AvgIpc) is 2.80. The summed E-state index contributed by atoms with van der Waals surface area (Å²) in [5, 5.41) is 0. The maximum absolute atomic E-state index is 4.73. The van der Waals surface area contributed by atoms with E-state index in [1.807, 2.05) is 19.2 Å². The SMILES string of the molecule is Cc1nccc(N2Cc3cnc(C(C)(C)C)nc3C2)n1. The molecule has 0 spiro atoms. The summed E-state index contributed by atoms with van der Waals surface area (Å²) in [6.07, 6.45) is 3.75. The van der Waals surface area contributed by atoms with Crippen LogP contribution in [0.4, 0.5) is 5.82 Å². The van der Waals surface area contributed by atoms with Crippen LogP contribution in [-0.2, 0) is 18.5 Å². The third-order valence-electron chi connectivity index (χ3n) is 3.41. The van der Waals surface area contributed by atoms with Gasteiger partial charge in [0.1, 0.15) is 17.5 Å². The Balaban J connectivity index is 1.89. The number of aromatic nitrogens is 4. The summed E-state index contributed by atoms with van der Waals surface area (Å²) in [6.45, 7) is 9.91. The number of hydrogen-bond acceptors (Lipinski definition) is 5. The van der Waals surface area contributed by atoms with Crippen molar-refractivity contribution in [3.8, 4) is 0 Å². The number of nitrogens with zero attached hydrogens (tertiary/aromatic N) is 5. The van der Waals surface area contributed by atoms with E-state index in [4.69, 9.17) is 4.98 Å². The van der Waals surface area contributed by atoms with Crippen LogP contribution in [0, 0.1) is 6.92 Å². The second-order valence-electron chi connectivity index (χ2n) is 6.23. The quantitative estimate of drug-likeness (QED) is 0.795. The van der Waals surface area contributed by atoms with Gasteiger partial charge in [-0.25, -0.2) is 19.9 Å². The van der Waals surface area contributed by atoms with Gasteiger partial charge >= 0.3 is 0 Å². The van der Waals surface area contributed by atoms with Crippen molar-refractivity contribution in [1.82, 2.24) is 19.9 Å². The molecule has 0 radical (unpaired) electrons. The maximum atomic E-state index is 4.73. The lowest BCUT2D eigenvalue weighted by Crippen LogP contribution is -2.18. The van der Waals surface area contributed by atoms with E-state index in [0.717, 1.165) is 36.3 Å². The van der Waals surface area contributed by atoms with Crippen molar-refractivity contribution in [2.75, 3.05) is 4.90 Å². The first kappa shape index (κ1) is 13.0. The molecule has 0 saturated heterocycles. The molecule has 3 heterocycles. The van der Waals surface area contributed by atoms with Crippen LogP contribution in [0.25, 0.3) is 0 Å². The van der Waals surface area contributed by atoms with Crippen LogP contribution in [-0.4, -0.2) is 19.9 Å². The van der Waals surface area contributed by atoms with Crippen LogP contribution in [0.5, 0.6) is 0 Å². The second-order valence-corrected chi connectivity index (χ2v) is 6.23. The van der Waals surface area contributed by atoms with Crippen molar-refractivity contribution in [3.05, 3.63) is 41.4 Å². The highest BCUT2D eigenvalue weighted by Crippen LogP contribution is 2.27. The predicted octanol–water partition coefficient (Wildman–Crippen LogP) is 2.39. The molecule has 0 aromatic carbocycles. The van der Waals surface area contributed by atoms with Gasteiger partial charge in [0, 0.05) is 29.9 Å². The number of fused-ring (bicyclic) bond motifs is 1. The van der Waals surface area contributed by atoms with E-state index in [2.05, 4.69) is 40.6 Å². The molecule has 5 heteroatoms. The maximum Gasteiger partial charge on any atom is 0.133 e. The Hall–Kier alpha value is -2.04. The molecule has 5 nitrogen and oxygen atoms in total. The van der Waals surface area contributed by atoms with E-state index in [-0.39, 0.29) is 5.41 Å². The summed E-state index contributed by atoms with van der Waals surface area (Å²) in [4.78, 5) is 20.0. The number of rotatable bonds is 1. The molecule has 1 aliphatic heterocycles. The molecule has 0 bridgehead atoms. The van der Waals surface area contributed by atoms with Crippen LogP contribution < -0.4 is 4.90 Å². The lowest BCUT2D eigenvalue weighted by atomic mass is 9.95. The Labute approximate surface area is 119 Å². The van der Waals surface area contributed by atoms with Gasteiger partial charge in [-0.05, 0) is 13.0 Å². The molecule has 0 atom stereocenters. The number of hydrogen-bond donors (Lipinski definition) is 0. The standard InChI is InChI=1S/C15H19N5/c1-10-16-6-5-13(18-10)20-8-11-7-17-14(15(2,3)4)19-12(11)9-20/h5-7H,8-9H2,1-4H3. The summed E-state index contributed by atoms with van der Waals surface area (Å²) in [7, 11) is 0. The summed E-state index contributed by atoms with van der Waals surface area (Å²) >= 11 is 0. The molecule has 1 aliphatic rings. The van der Waals surface area contributed by atoms with Crippen molar-refractivity contribution >= 4 is 5.82 Å². The van der Waals surface area contributed by atoms with Crippen molar-refractivity contribution in [2.45, 2.75) is 46.2 Å². The van der Waals surface area contributed by atoms with Crippen molar-refractivity contribution < 1.29 is 0 Å². The first-order valence-electron chi connectivity index (χ1n) is 6.83. The zero-order valence-corrected chi connectivity index (χ0v) is 12.4. The van der Waals surface area contributed by atoms with Gasteiger partial charge in [-0.15, -0.1) is 0 Å². The van der Waals surface area contributed by atoms with E-state index < -0.39 is 0 Å². The van der Waals surface area contributed by atoms with Crippen molar-refractivity contribution in [1.29, 1.82) is 0 Å². The molecule has 104 valence electrons. The highest BCUT2D eigenvalue weighted by molar-refractivity contribution is 5.44. The van der Waals surface area contributed by atoms with Gasteiger partial charge in [0.15, 0.2) is 0 Å². The van der Waals surface area contributed by atoms with E-state index >= 15 is 0 Å². The molecule has 0 saturated carbocycles. The van der Waals surface area contributed by atoms with Gasteiger partial charge in [-0.1, -0.05) is 20.8 Å². The Morgan fingerprint density at radius 3 is 2.60 bits per heavy atom. The molecular weight excluding hydrogens is 250 g/mol. The molecular formula is C15H19N5. The van der Waals surface area contributed by atoms with Gasteiger partial charge in [-0.3, -0.25) is 0 Å². The molecule has 2 aromatic rings. The highest BCUT2D eigenvalue weighted by Gasteiger charge is 2.25. The van der Waals surface area contributed by atoms with Crippen LogP contribution in [0.15, 0.2) is 18.5 Å². The summed E-state index contributed by atoms with van der Waals surface area (Å²) in [5.41, 5.74) is 2.28. The predicted molar refractivity (Wildman–Crippen MR) is 77.4 cm³/mol. The average molecular weight is 269 g/mol. The fourth-order valence-electron chi connectivity index (χ4n) is 2.30. The summed E-state index contributed by atoms with van der Waals surface area (Å²) < 4.78 is 0. The molecule has 2 aromatic heterocycles. The third-order valence-corrected chi connectivity index (χ3v) is 3.41. The monoisotopic (exact) mass is 269 g/mol. The van der Waals surface area contributed by atoms with Gasteiger partial charge in [0.2, 0.25) is 0 Å². The minimum atomic E-state index is -0.0199. The Morgan fingerprint density at radius 2 is 1.90 bits per heavy atom.